The average molecular weight is 1000 g/mol. The van der Waals surface area contributed by atoms with Gasteiger partial charge in [-0.2, -0.15) is 0 Å². The van der Waals surface area contributed by atoms with Gasteiger partial charge < -0.3 is 20.3 Å². The second-order valence-electron chi connectivity index (χ2n) is 22.1. The molecule has 3 N–H and O–H groups in total. The molecule has 0 fully saturated rings. The lowest BCUT2D eigenvalue weighted by Gasteiger charge is -2.20. The lowest BCUT2D eigenvalue weighted by Crippen LogP contribution is -2.45. The van der Waals surface area contributed by atoms with E-state index in [1.54, 1.807) is 6.08 Å². The number of rotatable bonds is 60. The van der Waals surface area contributed by atoms with E-state index in [0.717, 1.165) is 38.5 Å². The number of nitrogens with one attached hydrogen (secondary N) is 1. The Balaban J connectivity index is 3.43. The monoisotopic (exact) mass is 1000 g/mol. The van der Waals surface area contributed by atoms with Crippen molar-refractivity contribution in [3.63, 3.8) is 0 Å². The zero-order valence-corrected chi connectivity index (χ0v) is 48.0. The van der Waals surface area contributed by atoms with Gasteiger partial charge in [-0.3, -0.25) is 9.59 Å². The van der Waals surface area contributed by atoms with Gasteiger partial charge in [0.1, 0.15) is 0 Å². The number of unbranched alkanes of at least 4 members (excludes halogenated alkanes) is 47. The van der Waals surface area contributed by atoms with Crippen molar-refractivity contribution in [3.05, 3.63) is 24.3 Å². The predicted octanol–water partition coefficient (Wildman–Crippen LogP) is 20.2. The highest BCUT2D eigenvalue weighted by Crippen LogP contribution is 2.18. The van der Waals surface area contributed by atoms with Crippen LogP contribution in [0.25, 0.3) is 0 Å². The summed E-state index contributed by atoms with van der Waals surface area (Å²) in [5.41, 5.74) is 0. The highest BCUT2D eigenvalue weighted by Gasteiger charge is 2.18. The average Bonchev–Trinajstić information content (AvgIpc) is 3.37. The van der Waals surface area contributed by atoms with Gasteiger partial charge in [-0.1, -0.05) is 308 Å². The van der Waals surface area contributed by atoms with Crippen molar-refractivity contribution in [3.8, 4) is 0 Å². The minimum absolute atomic E-state index is 0.0131. The Bertz CT molecular complexity index is 1110. The van der Waals surface area contributed by atoms with Crippen molar-refractivity contribution in [2.45, 2.75) is 366 Å². The number of esters is 1. The highest BCUT2D eigenvalue weighted by molar-refractivity contribution is 5.76. The first-order valence-electron chi connectivity index (χ1n) is 32.1. The van der Waals surface area contributed by atoms with E-state index in [9.17, 15) is 19.8 Å². The summed E-state index contributed by atoms with van der Waals surface area (Å²) in [4.78, 5) is 24.5. The number of hydrogen-bond donors (Lipinski definition) is 3. The van der Waals surface area contributed by atoms with E-state index < -0.39 is 12.1 Å². The lowest BCUT2D eigenvalue weighted by atomic mass is 10.0. The van der Waals surface area contributed by atoms with E-state index in [2.05, 4.69) is 31.3 Å². The number of amides is 1. The van der Waals surface area contributed by atoms with E-state index in [1.165, 1.54) is 289 Å². The minimum Gasteiger partial charge on any atom is -0.466 e. The molecule has 0 heterocycles. The summed E-state index contributed by atoms with van der Waals surface area (Å²) in [7, 11) is 0. The number of hydrogen-bond acceptors (Lipinski definition) is 5. The maximum atomic E-state index is 12.5. The third-order valence-corrected chi connectivity index (χ3v) is 15.0. The largest absolute Gasteiger partial charge is 0.466 e. The fourth-order valence-electron chi connectivity index (χ4n) is 10.0. The van der Waals surface area contributed by atoms with Gasteiger partial charge in [0, 0.05) is 12.8 Å². The van der Waals surface area contributed by atoms with Crippen molar-refractivity contribution in [2.24, 2.45) is 0 Å². The summed E-state index contributed by atoms with van der Waals surface area (Å²) in [6, 6.07) is -0.631. The fraction of sp³-hybridized carbons (Fsp3) is 0.908. The molecular formula is C65H125NO5. The molecule has 71 heavy (non-hydrogen) atoms. The van der Waals surface area contributed by atoms with Crippen LogP contribution < -0.4 is 5.32 Å². The third-order valence-electron chi connectivity index (χ3n) is 15.0. The van der Waals surface area contributed by atoms with Gasteiger partial charge in [0.25, 0.3) is 0 Å². The summed E-state index contributed by atoms with van der Waals surface area (Å²) < 4.78 is 5.47. The molecule has 2 atom stereocenters. The Morgan fingerprint density at radius 2 is 0.662 bits per heavy atom. The molecule has 0 aromatic carbocycles. The number of carbonyl (C=O) groups is 2. The molecule has 6 heteroatoms. The first-order chi connectivity index (χ1) is 35.0. The molecule has 0 spiro atoms. The van der Waals surface area contributed by atoms with Crippen LogP contribution in [0.15, 0.2) is 24.3 Å². The van der Waals surface area contributed by atoms with Gasteiger partial charge in [0.15, 0.2) is 0 Å². The van der Waals surface area contributed by atoms with Gasteiger partial charge in [-0.05, 0) is 57.8 Å². The molecule has 0 aliphatic heterocycles. The molecule has 0 rings (SSSR count). The van der Waals surface area contributed by atoms with Crippen LogP contribution in [-0.2, 0) is 14.3 Å². The Hall–Kier alpha value is -1.66. The van der Waals surface area contributed by atoms with Crippen LogP contribution in [-0.4, -0.2) is 47.4 Å². The second kappa shape index (κ2) is 60.9. The SMILES string of the molecule is CCCCCCCCCCCCCCCCCC/C=C/C(O)C(CO)NC(=O)CCCCCCCCCC/C=C\CCCCCCCCCCCCCCOC(=O)CCCCCCCCCCCCCC. The summed E-state index contributed by atoms with van der Waals surface area (Å²) in [5, 5.41) is 23.2. The molecular weight excluding hydrogens is 875 g/mol. The maximum Gasteiger partial charge on any atom is 0.305 e. The quantitative estimate of drug-likeness (QED) is 0.0320. The number of carbonyl (C=O) groups excluding carboxylic acids is 2. The number of allylic oxidation sites excluding steroid dienone is 3. The van der Waals surface area contributed by atoms with Crippen LogP contribution in [0.2, 0.25) is 0 Å². The van der Waals surface area contributed by atoms with Crippen molar-refractivity contribution in [2.75, 3.05) is 13.2 Å². The van der Waals surface area contributed by atoms with Crippen molar-refractivity contribution < 1.29 is 24.5 Å². The van der Waals surface area contributed by atoms with Crippen molar-refractivity contribution in [1.29, 1.82) is 0 Å². The third kappa shape index (κ3) is 57.5. The van der Waals surface area contributed by atoms with E-state index in [1.807, 2.05) is 6.08 Å². The summed E-state index contributed by atoms with van der Waals surface area (Å²) in [5.74, 6) is -0.0566. The number of ether oxygens (including phenoxy) is 1. The molecule has 0 saturated carbocycles. The van der Waals surface area contributed by atoms with Crippen LogP contribution in [0.1, 0.15) is 354 Å². The first-order valence-corrected chi connectivity index (χ1v) is 32.1. The zero-order chi connectivity index (χ0) is 51.4. The smallest absolute Gasteiger partial charge is 0.305 e. The fourth-order valence-corrected chi connectivity index (χ4v) is 10.0. The molecule has 0 bridgehead atoms. The van der Waals surface area contributed by atoms with Gasteiger partial charge in [0.2, 0.25) is 5.91 Å². The highest BCUT2D eigenvalue weighted by atomic mass is 16.5. The Kier molecular flexibility index (Phi) is 59.5. The molecule has 0 aromatic rings. The number of aliphatic hydroxyl groups is 2. The number of aliphatic hydroxyl groups excluding tert-OH is 2. The molecule has 0 radical (unpaired) electrons. The minimum atomic E-state index is -0.847. The Morgan fingerprint density at radius 3 is 1.00 bits per heavy atom. The van der Waals surface area contributed by atoms with Gasteiger partial charge in [0.05, 0.1) is 25.4 Å². The van der Waals surface area contributed by atoms with E-state index >= 15 is 0 Å². The first kappa shape index (κ1) is 69.3. The Labute approximate surface area is 443 Å². The van der Waals surface area contributed by atoms with Gasteiger partial charge in [-0.25, -0.2) is 0 Å². The molecule has 420 valence electrons. The van der Waals surface area contributed by atoms with Crippen LogP contribution in [0.3, 0.4) is 0 Å². The second-order valence-corrected chi connectivity index (χ2v) is 22.1. The Morgan fingerprint density at radius 1 is 0.380 bits per heavy atom. The molecule has 0 saturated heterocycles. The molecule has 0 aliphatic rings. The molecule has 2 unspecified atom stereocenters. The van der Waals surface area contributed by atoms with Crippen LogP contribution in [0.4, 0.5) is 0 Å². The predicted molar refractivity (Wildman–Crippen MR) is 310 cm³/mol. The summed E-state index contributed by atoms with van der Waals surface area (Å²) in [6.07, 6.45) is 75.1. The van der Waals surface area contributed by atoms with Gasteiger partial charge in [-0.15, -0.1) is 0 Å². The van der Waals surface area contributed by atoms with Crippen LogP contribution >= 0.6 is 0 Å². The lowest BCUT2D eigenvalue weighted by molar-refractivity contribution is -0.143. The van der Waals surface area contributed by atoms with Crippen LogP contribution in [0, 0.1) is 0 Å². The molecule has 0 aromatic heterocycles. The molecule has 1 amide bonds. The maximum absolute atomic E-state index is 12.5. The van der Waals surface area contributed by atoms with Crippen LogP contribution in [0.5, 0.6) is 0 Å². The van der Waals surface area contributed by atoms with E-state index in [0.29, 0.717) is 19.4 Å². The molecule has 0 aliphatic carbocycles. The van der Waals surface area contributed by atoms with E-state index in [4.69, 9.17) is 4.74 Å². The standard InChI is InChI=1S/C65H125NO5/c1-3-5-7-9-11-13-15-17-18-19-28-31-34-37-41-45-49-53-57-63(68)62(61-67)66-64(69)58-54-50-46-42-38-35-32-29-26-24-22-20-21-23-25-27-30-33-36-40-44-48-52-56-60-71-65(70)59-55-51-47-43-39-16-14-12-10-8-6-4-2/h22,24,53,57,62-63,67-68H,3-21,23,25-52,54-56,58-61H2,1-2H3,(H,66,69)/b24-22-,57-53+. The van der Waals surface area contributed by atoms with Crippen molar-refractivity contribution in [1.82, 2.24) is 5.32 Å². The summed E-state index contributed by atoms with van der Waals surface area (Å²) in [6.45, 7) is 4.93. The van der Waals surface area contributed by atoms with Crippen molar-refractivity contribution >= 4 is 11.9 Å². The summed E-state index contributed by atoms with van der Waals surface area (Å²) >= 11 is 0. The normalized spacial score (nSPS) is 12.7. The van der Waals surface area contributed by atoms with Gasteiger partial charge >= 0.3 is 5.97 Å². The topological polar surface area (TPSA) is 95.9 Å². The zero-order valence-electron chi connectivity index (χ0n) is 48.0. The molecule has 6 nitrogen and oxygen atoms in total. The van der Waals surface area contributed by atoms with E-state index in [-0.39, 0.29) is 18.5 Å².